The average molecular weight is 399 g/mol. The Hall–Kier alpha value is -1.40. The average Bonchev–Trinajstić information content (AvgIpc) is 2.66. The Bertz CT molecular complexity index is 622. The molecule has 0 fully saturated rings. The van der Waals surface area contributed by atoms with Crippen LogP contribution in [-0.2, 0) is 19.1 Å². The topological polar surface area (TPSA) is 69.7 Å². The minimum Gasteiger partial charge on any atom is -0.494 e. The van der Waals surface area contributed by atoms with Crippen LogP contribution in [0.25, 0.3) is 0 Å². The Morgan fingerprint density at radius 1 is 0.852 bits per heavy atom. The smallest absolute Gasteiger partial charge is 0.297 e. The van der Waals surface area contributed by atoms with Gasteiger partial charge in [-0.15, -0.1) is 0 Å². The second-order valence-corrected chi connectivity index (χ2v) is 8.42. The van der Waals surface area contributed by atoms with Crippen LogP contribution in [0.2, 0.25) is 0 Å². The quantitative estimate of drug-likeness (QED) is 0.280. The molecule has 0 atom stereocenters. The van der Waals surface area contributed by atoms with E-state index in [1.807, 2.05) is 0 Å². The van der Waals surface area contributed by atoms with Crippen LogP contribution in [0.1, 0.15) is 78.1 Å². The van der Waals surface area contributed by atoms with Gasteiger partial charge in [-0.1, -0.05) is 58.8 Å². The molecule has 0 aliphatic carbocycles. The first-order valence-electron chi connectivity index (χ1n) is 10.1. The Kier molecular flexibility index (Phi) is 12.0. The first-order valence-corrected chi connectivity index (χ1v) is 11.5. The van der Waals surface area contributed by atoms with Crippen molar-refractivity contribution >= 4 is 15.9 Å². The number of ketones is 1. The van der Waals surface area contributed by atoms with Crippen LogP contribution in [0.4, 0.5) is 0 Å². The lowest BCUT2D eigenvalue weighted by Gasteiger charge is -2.08. The van der Waals surface area contributed by atoms with Gasteiger partial charge in [0.05, 0.1) is 11.5 Å². The Morgan fingerprint density at radius 3 is 2.07 bits per heavy atom. The molecule has 0 saturated heterocycles. The van der Waals surface area contributed by atoms with E-state index in [-0.39, 0.29) is 10.7 Å². The highest BCUT2D eigenvalue weighted by Crippen LogP contribution is 2.18. The molecule has 0 spiro atoms. The van der Waals surface area contributed by atoms with E-state index in [0.29, 0.717) is 18.8 Å². The number of Topliss-reactive ketones (excluding diaryl/α,β-unsaturated/α-hetero) is 1. The van der Waals surface area contributed by atoms with Gasteiger partial charge < -0.3 is 4.74 Å². The van der Waals surface area contributed by atoms with Gasteiger partial charge in [-0.3, -0.25) is 8.98 Å². The molecule has 0 aliphatic heterocycles. The first-order chi connectivity index (χ1) is 13.0. The summed E-state index contributed by atoms with van der Waals surface area (Å²) in [6.45, 7) is 4.47. The Morgan fingerprint density at radius 2 is 1.44 bits per heavy atom. The number of carbonyl (C=O) groups excluding carboxylic acids is 1. The van der Waals surface area contributed by atoms with Crippen LogP contribution in [0.3, 0.4) is 0 Å². The lowest BCUT2D eigenvalue weighted by molar-refractivity contribution is -0.121. The predicted octanol–water partition coefficient (Wildman–Crippen LogP) is 5.28. The summed E-state index contributed by atoms with van der Waals surface area (Å²) in [6, 6.07) is 6.09. The summed E-state index contributed by atoms with van der Waals surface area (Å²) < 4.78 is 34.8. The van der Waals surface area contributed by atoms with E-state index in [2.05, 4.69) is 13.8 Å². The molecule has 5 nitrogen and oxygen atoms in total. The lowest BCUT2D eigenvalue weighted by atomic mass is 10.1. The number of ether oxygens (including phenoxy) is 1. The summed E-state index contributed by atoms with van der Waals surface area (Å²) in [5, 5.41) is 0. The molecule has 27 heavy (non-hydrogen) atoms. The van der Waals surface area contributed by atoms with E-state index < -0.39 is 16.7 Å². The van der Waals surface area contributed by atoms with Crippen molar-refractivity contribution in [2.75, 3.05) is 13.2 Å². The summed E-state index contributed by atoms with van der Waals surface area (Å²) >= 11 is 0. The molecule has 1 aromatic rings. The zero-order chi connectivity index (χ0) is 20.0. The van der Waals surface area contributed by atoms with Crippen molar-refractivity contribution in [1.29, 1.82) is 0 Å². The molecule has 0 aromatic heterocycles. The summed E-state index contributed by atoms with van der Waals surface area (Å²) in [5.41, 5.74) is 0. The summed E-state index contributed by atoms with van der Waals surface area (Å²) in [4.78, 5) is 11.9. The van der Waals surface area contributed by atoms with Crippen molar-refractivity contribution in [3.05, 3.63) is 24.3 Å². The minimum atomic E-state index is -3.92. The molecular formula is C21H34O5S. The standard InChI is InChI=1S/C21H34O5S/c1-3-5-7-8-9-10-11-12-19(22)18-26-27(23,24)21-15-13-20(14-16-21)25-17-6-4-2/h13-16H,3-12,17-18H2,1-2H3. The van der Waals surface area contributed by atoms with E-state index in [0.717, 1.165) is 32.1 Å². The molecule has 154 valence electrons. The van der Waals surface area contributed by atoms with Crippen LogP contribution in [0.5, 0.6) is 5.75 Å². The molecule has 6 heteroatoms. The van der Waals surface area contributed by atoms with Gasteiger partial charge in [0.2, 0.25) is 0 Å². The molecule has 0 amide bonds. The highest BCUT2D eigenvalue weighted by Gasteiger charge is 2.17. The van der Waals surface area contributed by atoms with E-state index >= 15 is 0 Å². The SMILES string of the molecule is CCCCCCCCCC(=O)COS(=O)(=O)c1ccc(OCCCC)cc1. The van der Waals surface area contributed by atoms with Crippen molar-refractivity contribution in [2.45, 2.75) is 83.0 Å². The first kappa shape index (κ1) is 23.6. The zero-order valence-corrected chi connectivity index (χ0v) is 17.6. The van der Waals surface area contributed by atoms with E-state index in [1.54, 1.807) is 12.1 Å². The number of hydrogen-bond donors (Lipinski definition) is 0. The van der Waals surface area contributed by atoms with Gasteiger partial charge in [0.1, 0.15) is 12.4 Å². The Labute approximate surface area is 164 Å². The van der Waals surface area contributed by atoms with Crippen LogP contribution in [0.15, 0.2) is 29.2 Å². The van der Waals surface area contributed by atoms with Crippen molar-refractivity contribution in [3.63, 3.8) is 0 Å². The van der Waals surface area contributed by atoms with Gasteiger partial charge in [-0.25, -0.2) is 0 Å². The van der Waals surface area contributed by atoms with Crippen LogP contribution in [-0.4, -0.2) is 27.4 Å². The van der Waals surface area contributed by atoms with Crippen molar-refractivity contribution < 1.29 is 22.1 Å². The third-order valence-corrected chi connectivity index (χ3v) is 5.59. The largest absolute Gasteiger partial charge is 0.494 e. The normalized spacial score (nSPS) is 11.5. The number of unbranched alkanes of at least 4 members (excludes halogenated alkanes) is 7. The van der Waals surface area contributed by atoms with E-state index in [1.165, 1.54) is 37.8 Å². The fourth-order valence-corrected chi connectivity index (χ4v) is 3.49. The molecule has 0 bridgehead atoms. The van der Waals surface area contributed by atoms with Crippen LogP contribution in [0, 0.1) is 0 Å². The molecule has 1 rings (SSSR count). The van der Waals surface area contributed by atoms with Crippen molar-refractivity contribution in [1.82, 2.24) is 0 Å². The third-order valence-electron chi connectivity index (χ3n) is 4.31. The molecule has 0 N–H and O–H groups in total. The minimum absolute atomic E-state index is 0.0362. The predicted molar refractivity (Wildman–Crippen MR) is 108 cm³/mol. The maximum absolute atomic E-state index is 12.2. The summed E-state index contributed by atoms with van der Waals surface area (Å²) in [6.07, 6.45) is 10.2. The highest BCUT2D eigenvalue weighted by atomic mass is 32.2. The van der Waals surface area contributed by atoms with Crippen LogP contribution >= 0.6 is 0 Å². The van der Waals surface area contributed by atoms with Gasteiger partial charge in [-0.05, 0) is 37.1 Å². The molecule has 0 heterocycles. The van der Waals surface area contributed by atoms with Gasteiger partial charge >= 0.3 is 0 Å². The van der Waals surface area contributed by atoms with E-state index in [4.69, 9.17) is 8.92 Å². The zero-order valence-electron chi connectivity index (χ0n) is 16.7. The molecule has 0 aliphatic rings. The Balaban J connectivity index is 2.30. The second-order valence-electron chi connectivity index (χ2n) is 6.80. The van der Waals surface area contributed by atoms with E-state index in [9.17, 15) is 13.2 Å². The van der Waals surface area contributed by atoms with Gasteiger partial charge in [-0.2, -0.15) is 8.42 Å². The summed E-state index contributed by atoms with van der Waals surface area (Å²) in [5.74, 6) is 0.448. The molecule has 0 saturated carbocycles. The molecular weight excluding hydrogens is 364 g/mol. The number of carbonyl (C=O) groups is 1. The summed E-state index contributed by atoms with van der Waals surface area (Å²) in [7, 11) is -3.92. The highest BCUT2D eigenvalue weighted by molar-refractivity contribution is 7.86. The van der Waals surface area contributed by atoms with Crippen LogP contribution < -0.4 is 4.74 Å². The van der Waals surface area contributed by atoms with Gasteiger partial charge in [0.25, 0.3) is 10.1 Å². The maximum atomic E-state index is 12.2. The number of benzene rings is 1. The molecule has 1 aromatic carbocycles. The number of hydrogen-bond acceptors (Lipinski definition) is 5. The maximum Gasteiger partial charge on any atom is 0.297 e. The second kappa shape index (κ2) is 13.7. The lowest BCUT2D eigenvalue weighted by Crippen LogP contribution is -2.14. The van der Waals surface area contributed by atoms with Crippen molar-refractivity contribution in [2.24, 2.45) is 0 Å². The monoisotopic (exact) mass is 398 g/mol. The fraction of sp³-hybridized carbons (Fsp3) is 0.667. The van der Waals surface area contributed by atoms with Gasteiger partial charge in [0.15, 0.2) is 5.78 Å². The fourth-order valence-electron chi connectivity index (χ4n) is 2.60. The number of rotatable bonds is 16. The molecule has 0 unspecified atom stereocenters. The molecule has 0 radical (unpaired) electrons. The van der Waals surface area contributed by atoms with Crippen molar-refractivity contribution in [3.8, 4) is 5.75 Å². The third kappa shape index (κ3) is 10.5. The van der Waals surface area contributed by atoms with Gasteiger partial charge in [0, 0.05) is 6.42 Å².